The molecule has 8 rings (SSSR count). The van der Waals surface area contributed by atoms with E-state index in [4.69, 9.17) is 0 Å². The number of hydrogen-bond donors (Lipinski definition) is 2. The Bertz CT molecular complexity index is 2700. The molecule has 0 fully saturated rings. The largest absolute Gasteiger partial charge is 0.366 e. The van der Waals surface area contributed by atoms with Gasteiger partial charge in [0.05, 0.1) is 23.5 Å². The lowest BCUT2D eigenvalue weighted by Gasteiger charge is -2.13. The second-order valence-corrected chi connectivity index (χ2v) is 18.7. The van der Waals surface area contributed by atoms with E-state index in [0.29, 0.717) is 35.8 Å². The molecular weight excluding hydrogens is 872 g/mol. The van der Waals surface area contributed by atoms with Crippen LogP contribution < -0.4 is 10.6 Å². The second kappa shape index (κ2) is 16.5. The fourth-order valence-corrected chi connectivity index (χ4v) is 9.79. The normalized spacial score (nSPS) is 11.6. The minimum Gasteiger partial charge on any atom is -0.366 e. The third-order valence-corrected chi connectivity index (χ3v) is 12.2. The molecule has 0 unspecified atom stereocenters. The summed E-state index contributed by atoms with van der Waals surface area (Å²) in [5, 5.41) is 8.56. The number of nitrogens with zero attached hydrogens (tertiary/aromatic N) is 2. The minimum atomic E-state index is -3.51. The van der Waals surface area contributed by atoms with E-state index >= 15 is 0 Å². The lowest BCUT2D eigenvalue weighted by atomic mass is 10.0. The number of nitrogens with one attached hydrogen (secondary N) is 2. The first-order valence-corrected chi connectivity index (χ1v) is 22.9. The van der Waals surface area contributed by atoms with Crippen LogP contribution in [0.15, 0.2) is 167 Å². The Balaban J connectivity index is 0.000000172. The van der Waals surface area contributed by atoms with E-state index in [0.717, 1.165) is 53.1 Å². The number of aromatic nitrogens is 2. The molecule has 284 valence electrons. The van der Waals surface area contributed by atoms with Gasteiger partial charge in [-0.1, -0.05) is 153 Å². The Morgan fingerprint density at radius 3 is 1.18 bits per heavy atom. The van der Waals surface area contributed by atoms with Crippen molar-refractivity contribution < 1.29 is 16.8 Å². The Labute approximate surface area is 344 Å². The van der Waals surface area contributed by atoms with Crippen LogP contribution in [0.4, 0.5) is 11.6 Å². The van der Waals surface area contributed by atoms with Crippen molar-refractivity contribution in [3.63, 3.8) is 0 Å². The van der Waals surface area contributed by atoms with Crippen LogP contribution in [-0.2, 0) is 33.1 Å². The first-order chi connectivity index (χ1) is 26.9. The molecule has 8 nitrogen and oxygen atoms in total. The predicted octanol–water partition coefficient (Wildman–Crippen LogP) is 11.0. The molecule has 0 bridgehead atoms. The summed E-state index contributed by atoms with van der Waals surface area (Å²) in [6.45, 7) is 1.01. The van der Waals surface area contributed by atoms with Crippen LogP contribution in [-0.4, -0.2) is 37.3 Å². The van der Waals surface area contributed by atoms with E-state index in [-0.39, 0.29) is 0 Å². The van der Waals surface area contributed by atoms with Crippen LogP contribution in [0, 0.1) is 0 Å². The summed E-state index contributed by atoms with van der Waals surface area (Å²) in [5.41, 5.74) is 7.16. The Morgan fingerprint density at radius 1 is 0.464 bits per heavy atom. The summed E-state index contributed by atoms with van der Waals surface area (Å²) in [5.74, 6) is 1.16. The monoisotopic (exact) mass is 908 g/mol. The first-order valence-electron chi connectivity index (χ1n) is 17.7. The number of rotatable bonds is 10. The predicted molar refractivity (Wildman–Crippen MR) is 238 cm³/mol. The van der Waals surface area contributed by atoms with Crippen LogP contribution in [0.5, 0.6) is 0 Å². The third kappa shape index (κ3) is 8.48. The van der Waals surface area contributed by atoms with E-state index in [9.17, 15) is 16.8 Å². The van der Waals surface area contributed by atoms with Gasteiger partial charge in [0.1, 0.15) is 11.6 Å². The van der Waals surface area contributed by atoms with E-state index in [1.807, 2.05) is 158 Å². The fraction of sp³-hybridized carbons (Fsp3) is 0.0909. The molecule has 0 aliphatic carbocycles. The lowest BCUT2D eigenvalue weighted by molar-refractivity contribution is 0.593. The molecule has 0 saturated carbocycles. The lowest BCUT2D eigenvalue weighted by Crippen LogP contribution is -2.14. The van der Waals surface area contributed by atoms with Crippen molar-refractivity contribution in [1.29, 1.82) is 0 Å². The molecular formula is C44H38Br2N4O4S2. The fourth-order valence-electron chi connectivity index (χ4n) is 6.89. The number of fused-ring (bicyclic) bond motifs is 2. The molecule has 0 aliphatic rings. The SMILES string of the molecule is CS(=O)(=O)n1c(NCc2cccc(Br)c2)c(-c2ccccc2)c2ccccc21.CS(=O)(=O)n1c(NCc2cccc(Br)c2)c(-c2ccccc2)c2ccccc21. The topological polar surface area (TPSA) is 102 Å². The molecule has 12 heteroatoms. The highest BCUT2D eigenvalue weighted by molar-refractivity contribution is 9.10. The molecule has 56 heavy (non-hydrogen) atoms. The Morgan fingerprint density at radius 2 is 0.821 bits per heavy atom. The van der Waals surface area contributed by atoms with Crippen LogP contribution in [0.1, 0.15) is 11.1 Å². The van der Waals surface area contributed by atoms with Crippen LogP contribution in [0.25, 0.3) is 44.1 Å². The molecule has 2 heterocycles. The molecule has 0 aliphatic heterocycles. The van der Waals surface area contributed by atoms with Gasteiger partial charge in [0, 0.05) is 43.9 Å². The van der Waals surface area contributed by atoms with Crippen LogP contribution in [0.2, 0.25) is 0 Å². The first kappa shape index (κ1) is 39.1. The molecule has 0 amide bonds. The average Bonchev–Trinajstić information content (AvgIpc) is 3.71. The Hall–Kier alpha value is -5.14. The molecule has 2 N–H and O–H groups in total. The minimum absolute atomic E-state index is 0.505. The maximum Gasteiger partial charge on any atom is 0.237 e. The van der Waals surface area contributed by atoms with Gasteiger partial charge in [0.25, 0.3) is 0 Å². The zero-order valence-corrected chi connectivity index (χ0v) is 35.3. The molecule has 6 aromatic carbocycles. The van der Waals surface area contributed by atoms with E-state index in [1.54, 1.807) is 0 Å². The van der Waals surface area contributed by atoms with Crippen molar-refractivity contribution >= 4 is 85.3 Å². The summed E-state index contributed by atoms with van der Waals surface area (Å²) in [4.78, 5) is 0. The van der Waals surface area contributed by atoms with Gasteiger partial charge in [-0.3, -0.25) is 0 Å². The smallest absolute Gasteiger partial charge is 0.237 e. The zero-order valence-electron chi connectivity index (χ0n) is 30.5. The van der Waals surface area contributed by atoms with Crippen molar-refractivity contribution in [1.82, 2.24) is 7.94 Å². The van der Waals surface area contributed by atoms with Crippen LogP contribution >= 0.6 is 31.9 Å². The number of hydrogen-bond acceptors (Lipinski definition) is 6. The highest BCUT2D eigenvalue weighted by Gasteiger charge is 2.25. The number of halogens is 2. The standard InChI is InChI=1S/2C22H19BrN2O2S/c2*1-28(26,27)25-20-13-6-5-12-19(20)21(17-9-3-2-4-10-17)22(25)24-15-16-8-7-11-18(23)14-16/h2*2-14,24H,15H2,1H3. The summed E-state index contributed by atoms with van der Waals surface area (Å²) >= 11 is 6.97. The summed E-state index contributed by atoms with van der Waals surface area (Å²) < 4.78 is 55.6. The maximum absolute atomic E-state index is 12.7. The summed E-state index contributed by atoms with van der Waals surface area (Å²) in [6, 6.07) is 50.8. The van der Waals surface area contributed by atoms with Crippen molar-refractivity contribution in [3.05, 3.63) is 178 Å². The Kier molecular flexibility index (Phi) is 11.5. The maximum atomic E-state index is 12.7. The highest BCUT2D eigenvalue weighted by atomic mass is 79.9. The summed E-state index contributed by atoms with van der Waals surface area (Å²) in [7, 11) is -7.03. The van der Waals surface area contributed by atoms with Gasteiger partial charge in [-0.05, 0) is 58.7 Å². The molecule has 0 radical (unpaired) electrons. The van der Waals surface area contributed by atoms with Crippen molar-refractivity contribution in [2.24, 2.45) is 0 Å². The van der Waals surface area contributed by atoms with Crippen molar-refractivity contribution in [2.75, 3.05) is 23.1 Å². The van der Waals surface area contributed by atoms with E-state index in [2.05, 4.69) is 42.5 Å². The third-order valence-electron chi connectivity index (χ3n) is 9.15. The van der Waals surface area contributed by atoms with Gasteiger partial charge in [-0.2, -0.15) is 0 Å². The van der Waals surface area contributed by atoms with Gasteiger partial charge in [-0.25, -0.2) is 24.8 Å². The van der Waals surface area contributed by atoms with Crippen molar-refractivity contribution in [2.45, 2.75) is 13.1 Å². The second-order valence-electron chi connectivity index (χ2n) is 13.2. The van der Waals surface area contributed by atoms with Gasteiger partial charge in [0.2, 0.25) is 20.0 Å². The molecule has 0 spiro atoms. The number of para-hydroxylation sites is 2. The van der Waals surface area contributed by atoms with Gasteiger partial charge in [0.15, 0.2) is 0 Å². The summed E-state index contributed by atoms with van der Waals surface area (Å²) in [6.07, 6.45) is 2.47. The van der Waals surface area contributed by atoms with E-state index < -0.39 is 20.0 Å². The van der Waals surface area contributed by atoms with Gasteiger partial charge in [-0.15, -0.1) is 0 Å². The number of benzene rings is 6. The molecule has 8 aromatic rings. The van der Waals surface area contributed by atoms with Gasteiger partial charge >= 0.3 is 0 Å². The van der Waals surface area contributed by atoms with Gasteiger partial charge < -0.3 is 10.6 Å². The van der Waals surface area contributed by atoms with Crippen molar-refractivity contribution in [3.8, 4) is 22.3 Å². The quantitative estimate of drug-likeness (QED) is 0.142. The van der Waals surface area contributed by atoms with E-state index in [1.165, 1.54) is 20.5 Å². The molecule has 2 aromatic heterocycles. The molecule has 0 atom stereocenters. The van der Waals surface area contributed by atoms with Crippen LogP contribution in [0.3, 0.4) is 0 Å². The zero-order chi connectivity index (χ0) is 39.5. The molecule has 0 saturated heterocycles. The highest BCUT2D eigenvalue weighted by Crippen LogP contribution is 2.41. The number of anilines is 2. The average molecular weight is 911 g/mol.